The first kappa shape index (κ1) is 18.9. The van der Waals surface area contributed by atoms with E-state index in [2.05, 4.69) is 30.2 Å². The minimum Gasteiger partial charge on any atom is -0.497 e. The summed E-state index contributed by atoms with van der Waals surface area (Å²) in [4.78, 5) is 15.3. The molecule has 5 nitrogen and oxygen atoms in total. The van der Waals surface area contributed by atoms with Crippen molar-refractivity contribution in [3.05, 3.63) is 41.6 Å². The van der Waals surface area contributed by atoms with Crippen LogP contribution < -0.4 is 10.1 Å². The number of rotatable bonds is 7. The number of ether oxygens (including phenoxy) is 2. The number of benzene rings is 1. The van der Waals surface area contributed by atoms with Gasteiger partial charge < -0.3 is 19.8 Å². The smallest absolute Gasteiger partial charge is 0.407 e. The maximum Gasteiger partial charge on any atom is 0.407 e. The number of fused-ring (bicyclic) bond motifs is 2. The normalized spacial score (nSPS) is 22.3. The minimum absolute atomic E-state index is 0.334. The van der Waals surface area contributed by atoms with Gasteiger partial charge in [0, 0.05) is 30.1 Å². The second-order valence-electron chi connectivity index (χ2n) is 8.61. The third-order valence-corrected chi connectivity index (χ3v) is 6.84. The first-order valence-corrected chi connectivity index (χ1v) is 10.2. The monoisotopic (exact) mass is 382 g/mol. The Hall–Kier alpha value is -2.43. The fourth-order valence-corrected chi connectivity index (χ4v) is 4.86. The molecule has 28 heavy (non-hydrogen) atoms. The summed E-state index contributed by atoms with van der Waals surface area (Å²) < 4.78 is 10.7. The molecular formula is C23H30N2O3. The summed E-state index contributed by atoms with van der Waals surface area (Å²) in [5.74, 6) is 2.35. The van der Waals surface area contributed by atoms with Crippen LogP contribution in [0, 0.1) is 17.3 Å². The summed E-state index contributed by atoms with van der Waals surface area (Å²) >= 11 is 0. The lowest BCUT2D eigenvalue weighted by Gasteiger charge is -2.56. The van der Waals surface area contributed by atoms with E-state index in [1.807, 2.05) is 24.4 Å². The summed E-state index contributed by atoms with van der Waals surface area (Å²) in [6.45, 7) is 5.74. The van der Waals surface area contributed by atoms with Gasteiger partial charge in [-0.2, -0.15) is 0 Å². The first-order valence-electron chi connectivity index (χ1n) is 10.2. The van der Waals surface area contributed by atoms with Gasteiger partial charge in [0.05, 0.1) is 13.7 Å². The number of carbonyl (C=O) groups excluding carboxylic acids is 1. The van der Waals surface area contributed by atoms with Gasteiger partial charge in [-0.15, -0.1) is 0 Å². The number of aromatic amines is 1. The Labute approximate surface area is 166 Å². The topological polar surface area (TPSA) is 63.3 Å². The van der Waals surface area contributed by atoms with Crippen molar-refractivity contribution in [2.24, 2.45) is 17.3 Å². The Kier molecular flexibility index (Phi) is 5.09. The molecule has 1 fully saturated rings. The van der Waals surface area contributed by atoms with Crippen molar-refractivity contribution >= 4 is 17.0 Å². The molecule has 0 radical (unpaired) electrons. The number of hydrogen-bond donors (Lipinski definition) is 2. The molecule has 2 bridgehead atoms. The molecule has 3 aliphatic carbocycles. The van der Waals surface area contributed by atoms with Crippen molar-refractivity contribution in [2.75, 3.05) is 20.3 Å². The highest BCUT2D eigenvalue weighted by molar-refractivity contribution is 5.84. The third kappa shape index (κ3) is 3.50. The van der Waals surface area contributed by atoms with Crippen molar-refractivity contribution in [1.82, 2.24) is 10.3 Å². The number of aromatic nitrogens is 1. The molecule has 2 N–H and O–H groups in total. The minimum atomic E-state index is -0.334. The van der Waals surface area contributed by atoms with Crippen molar-refractivity contribution in [3.63, 3.8) is 0 Å². The van der Waals surface area contributed by atoms with E-state index in [4.69, 9.17) is 9.47 Å². The highest BCUT2D eigenvalue weighted by Gasteiger charge is 2.50. The van der Waals surface area contributed by atoms with Crippen LogP contribution in [0.4, 0.5) is 4.79 Å². The number of allylic oxidation sites excluding steroid dienone is 1. The van der Waals surface area contributed by atoms with E-state index in [1.54, 1.807) is 7.11 Å². The van der Waals surface area contributed by atoms with Crippen LogP contribution in [0.1, 0.15) is 38.7 Å². The zero-order valence-electron chi connectivity index (χ0n) is 17.0. The quantitative estimate of drug-likeness (QED) is 0.674. The number of nitrogens with one attached hydrogen (secondary N) is 2. The van der Waals surface area contributed by atoms with Crippen molar-refractivity contribution < 1.29 is 14.3 Å². The van der Waals surface area contributed by atoms with E-state index < -0.39 is 0 Å². The Morgan fingerprint density at radius 1 is 1.32 bits per heavy atom. The molecule has 2 atom stereocenters. The van der Waals surface area contributed by atoms with E-state index in [0.717, 1.165) is 41.0 Å². The van der Waals surface area contributed by atoms with Gasteiger partial charge in [0.25, 0.3) is 0 Å². The highest BCUT2D eigenvalue weighted by Crippen LogP contribution is 2.59. The van der Waals surface area contributed by atoms with E-state index >= 15 is 0 Å². The molecule has 150 valence electrons. The van der Waals surface area contributed by atoms with E-state index in [1.165, 1.54) is 18.4 Å². The van der Waals surface area contributed by atoms with Crippen LogP contribution in [0.25, 0.3) is 10.9 Å². The molecule has 1 saturated carbocycles. The number of carbonyl (C=O) groups is 1. The average molecular weight is 383 g/mol. The predicted molar refractivity (Wildman–Crippen MR) is 111 cm³/mol. The summed E-state index contributed by atoms with van der Waals surface area (Å²) in [5.41, 5.74) is 4.13. The second kappa shape index (κ2) is 7.53. The molecule has 5 rings (SSSR count). The van der Waals surface area contributed by atoms with Gasteiger partial charge in [-0.1, -0.05) is 25.5 Å². The van der Waals surface area contributed by atoms with Gasteiger partial charge >= 0.3 is 6.09 Å². The van der Waals surface area contributed by atoms with Crippen LogP contribution in [0.2, 0.25) is 0 Å². The Morgan fingerprint density at radius 2 is 2.18 bits per heavy atom. The largest absolute Gasteiger partial charge is 0.497 e. The van der Waals surface area contributed by atoms with E-state index in [9.17, 15) is 4.79 Å². The predicted octanol–water partition coefficient (Wildman–Crippen LogP) is 4.83. The molecule has 0 spiro atoms. The number of alkyl carbamates (subject to hydrolysis) is 1. The van der Waals surface area contributed by atoms with Gasteiger partial charge in [-0.25, -0.2) is 4.79 Å². The van der Waals surface area contributed by atoms with Gasteiger partial charge in [-0.05, 0) is 60.3 Å². The van der Waals surface area contributed by atoms with Crippen LogP contribution >= 0.6 is 0 Å². The van der Waals surface area contributed by atoms with Crippen LogP contribution in [0.15, 0.2) is 36.0 Å². The number of methoxy groups -OCH3 is 1. The van der Waals surface area contributed by atoms with Crippen molar-refractivity contribution in [1.29, 1.82) is 0 Å². The number of H-pyrrole nitrogens is 1. The van der Waals surface area contributed by atoms with Crippen molar-refractivity contribution in [2.45, 2.75) is 39.5 Å². The zero-order valence-corrected chi connectivity index (χ0v) is 17.0. The molecule has 2 aromatic rings. The lowest BCUT2D eigenvalue weighted by molar-refractivity contribution is -0.00969. The highest BCUT2D eigenvalue weighted by atomic mass is 16.5. The molecule has 3 aliphatic rings. The fraction of sp³-hybridized carbons (Fsp3) is 0.522. The summed E-state index contributed by atoms with van der Waals surface area (Å²) in [6.07, 6.45) is 8.11. The molecule has 2 unspecified atom stereocenters. The molecule has 0 aliphatic heterocycles. The Balaban J connectivity index is 1.21. The standard InChI is InChI=1S/C23H30N2O3/c1-23(2)17-5-4-15(20(23)12-17)9-11-28-22(26)24-10-8-16-14-25-21-7-6-18(27-3)13-19(16)21/h4,6-7,13-14,17,20,25H,5,8-12H2,1-3H3,(H,24,26). The van der Waals surface area contributed by atoms with Gasteiger partial charge in [0.2, 0.25) is 0 Å². The van der Waals surface area contributed by atoms with Crippen LogP contribution in [0.5, 0.6) is 5.75 Å². The van der Waals surface area contributed by atoms with Crippen LogP contribution in [-0.4, -0.2) is 31.3 Å². The molecule has 0 saturated heterocycles. The SMILES string of the molecule is COc1ccc2[nH]cc(CCNC(=O)OCCC3=CCC4CC3C4(C)C)c2c1. The van der Waals surface area contributed by atoms with Gasteiger partial charge in [0.15, 0.2) is 0 Å². The van der Waals surface area contributed by atoms with E-state index in [-0.39, 0.29) is 6.09 Å². The number of amides is 1. The Bertz CT molecular complexity index is 896. The summed E-state index contributed by atoms with van der Waals surface area (Å²) in [7, 11) is 1.67. The lowest BCUT2D eigenvalue weighted by atomic mass is 9.48. The second-order valence-corrected chi connectivity index (χ2v) is 8.61. The number of hydrogen-bond acceptors (Lipinski definition) is 3. The average Bonchev–Trinajstić information content (AvgIpc) is 3.10. The maximum atomic E-state index is 12.0. The van der Waals surface area contributed by atoms with Gasteiger partial charge in [0.1, 0.15) is 5.75 Å². The van der Waals surface area contributed by atoms with Crippen LogP contribution in [-0.2, 0) is 11.2 Å². The molecular weight excluding hydrogens is 352 g/mol. The van der Waals surface area contributed by atoms with Crippen LogP contribution in [0.3, 0.4) is 0 Å². The zero-order chi connectivity index (χ0) is 19.7. The third-order valence-electron chi connectivity index (χ3n) is 6.84. The molecule has 5 heteroatoms. The summed E-state index contributed by atoms with van der Waals surface area (Å²) in [5, 5.41) is 3.99. The fourth-order valence-electron chi connectivity index (χ4n) is 4.86. The molecule has 1 amide bonds. The lowest BCUT2D eigenvalue weighted by Crippen LogP contribution is -2.48. The molecule has 1 aromatic carbocycles. The maximum absolute atomic E-state index is 12.0. The van der Waals surface area contributed by atoms with Gasteiger partial charge in [-0.3, -0.25) is 0 Å². The Morgan fingerprint density at radius 3 is 2.93 bits per heavy atom. The first-order chi connectivity index (χ1) is 13.5. The van der Waals surface area contributed by atoms with E-state index in [0.29, 0.717) is 24.5 Å². The van der Waals surface area contributed by atoms with Crippen molar-refractivity contribution in [3.8, 4) is 5.75 Å². The molecule has 1 heterocycles. The molecule has 1 aromatic heterocycles. The summed E-state index contributed by atoms with van der Waals surface area (Å²) in [6, 6.07) is 5.96.